The van der Waals surface area contributed by atoms with Gasteiger partial charge in [0.1, 0.15) is 0 Å². The number of amides is 1. The summed E-state index contributed by atoms with van der Waals surface area (Å²) in [5, 5.41) is 0. The monoisotopic (exact) mass is 334 g/mol. The molecule has 132 valence electrons. The molecule has 2 aliphatic heterocycles. The molecule has 0 aromatic carbocycles. The Hall–Kier alpha value is -1.66. The van der Waals surface area contributed by atoms with Crippen molar-refractivity contribution in [3.05, 3.63) is 24.2 Å². The molecule has 0 bridgehead atoms. The summed E-state index contributed by atoms with van der Waals surface area (Å²) >= 11 is 0. The standard InChI is InChI=1S/C18H26N2O4/c1-13(2)19-7-3-5-15(18(19)22)20-8-10-23-12-14(20)11-16(21)17-6-4-9-24-17/h4,6,9,13-15H,3,5,7-8,10-12H2,1-2H3/t14-,15-/m1/s1. The minimum absolute atomic E-state index is 0.0375. The van der Waals surface area contributed by atoms with Crippen molar-refractivity contribution < 1.29 is 18.7 Å². The van der Waals surface area contributed by atoms with Crippen LogP contribution in [0.25, 0.3) is 0 Å². The maximum Gasteiger partial charge on any atom is 0.240 e. The Balaban J connectivity index is 1.72. The second kappa shape index (κ2) is 7.49. The quantitative estimate of drug-likeness (QED) is 0.770. The molecule has 6 nitrogen and oxygen atoms in total. The van der Waals surface area contributed by atoms with E-state index in [9.17, 15) is 9.59 Å². The van der Waals surface area contributed by atoms with E-state index >= 15 is 0 Å². The van der Waals surface area contributed by atoms with E-state index in [1.807, 2.05) is 4.90 Å². The van der Waals surface area contributed by atoms with Gasteiger partial charge in [0.2, 0.25) is 5.91 Å². The average Bonchev–Trinajstić information content (AvgIpc) is 3.10. The van der Waals surface area contributed by atoms with Crippen molar-refractivity contribution in [3.8, 4) is 0 Å². The van der Waals surface area contributed by atoms with Crippen LogP contribution in [0.4, 0.5) is 0 Å². The minimum atomic E-state index is -0.139. The van der Waals surface area contributed by atoms with Crippen molar-refractivity contribution in [2.24, 2.45) is 0 Å². The third-order valence-corrected chi connectivity index (χ3v) is 4.96. The summed E-state index contributed by atoms with van der Waals surface area (Å²) in [6.45, 7) is 6.72. The molecule has 0 N–H and O–H groups in total. The van der Waals surface area contributed by atoms with E-state index in [-0.39, 0.29) is 29.8 Å². The fourth-order valence-electron chi connectivity index (χ4n) is 3.71. The fraction of sp³-hybridized carbons (Fsp3) is 0.667. The van der Waals surface area contributed by atoms with Crippen LogP contribution in [-0.4, -0.2) is 65.9 Å². The lowest BCUT2D eigenvalue weighted by Crippen LogP contribution is -2.60. The van der Waals surface area contributed by atoms with Crippen LogP contribution < -0.4 is 0 Å². The fourth-order valence-corrected chi connectivity index (χ4v) is 3.71. The highest BCUT2D eigenvalue weighted by molar-refractivity contribution is 5.93. The number of hydrogen-bond donors (Lipinski definition) is 0. The summed E-state index contributed by atoms with van der Waals surface area (Å²) in [6, 6.07) is 3.40. The molecule has 0 saturated carbocycles. The van der Waals surface area contributed by atoms with Crippen LogP contribution in [0, 0.1) is 0 Å². The molecule has 0 radical (unpaired) electrons. The predicted molar refractivity (Wildman–Crippen MR) is 88.8 cm³/mol. The van der Waals surface area contributed by atoms with Crippen molar-refractivity contribution in [1.29, 1.82) is 0 Å². The topological polar surface area (TPSA) is 63.0 Å². The minimum Gasteiger partial charge on any atom is -0.461 e. The predicted octanol–water partition coefficient (Wildman–Crippen LogP) is 1.95. The molecule has 3 heterocycles. The van der Waals surface area contributed by atoms with E-state index in [0.717, 1.165) is 19.4 Å². The van der Waals surface area contributed by atoms with Gasteiger partial charge in [-0.05, 0) is 38.8 Å². The summed E-state index contributed by atoms with van der Waals surface area (Å²) in [5.74, 6) is 0.525. The number of piperidine rings is 1. The molecule has 24 heavy (non-hydrogen) atoms. The summed E-state index contributed by atoms with van der Waals surface area (Å²) in [5.41, 5.74) is 0. The van der Waals surface area contributed by atoms with Gasteiger partial charge in [0, 0.05) is 31.6 Å². The first kappa shape index (κ1) is 17.2. The number of ether oxygens (including phenoxy) is 1. The van der Waals surface area contributed by atoms with Gasteiger partial charge in [-0.25, -0.2) is 0 Å². The number of morpholine rings is 1. The van der Waals surface area contributed by atoms with E-state index in [4.69, 9.17) is 9.15 Å². The molecular weight excluding hydrogens is 308 g/mol. The Labute approximate surface area is 142 Å². The molecule has 0 unspecified atom stereocenters. The number of carbonyl (C=O) groups is 2. The summed E-state index contributed by atoms with van der Waals surface area (Å²) < 4.78 is 10.8. The molecule has 3 rings (SSSR count). The van der Waals surface area contributed by atoms with Crippen LogP contribution in [0.15, 0.2) is 22.8 Å². The highest BCUT2D eigenvalue weighted by atomic mass is 16.5. The first-order valence-electron chi connectivity index (χ1n) is 8.78. The van der Waals surface area contributed by atoms with Crippen LogP contribution in [0.5, 0.6) is 0 Å². The van der Waals surface area contributed by atoms with Crippen molar-refractivity contribution in [3.63, 3.8) is 0 Å². The van der Waals surface area contributed by atoms with Gasteiger partial charge >= 0.3 is 0 Å². The number of carbonyl (C=O) groups excluding carboxylic acids is 2. The van der Waals surface area contributed by atoms with Crippen molar-refractivity contribution in [2.45, 2.75) is 51.2 Å². The number of rotatable bonds is 5. The van der Waals surface area contributed by atoms with E-state index in [1.54, 1.807) is 12.1 Å². The average molecular weight is 334 g/mol. The van der Waals surface area contributed by atoms with Gasteiger partial charge in [-0.2, -0.15) is 0 Å². The smallest absolute Gasteiger partial charge is 0.240 e. The first-order chi connectivity index (χ1) is 11.6. The maximum atomic E-state index is 12.9. The van der Waals surface area contributed by atoms with Crippen LogP contribution in [0.3, 0.4) is 0 Å². The van der Waals surface area contributed by atoms with Gasteiger partial charge in [0.05, 0.1) is 25.5 Å². The normalized spacial score (nSPS) is 26.1. The molecule has 1 aromatic heterocycles. The molecule has 0 aliphatic carbocycles. The van der Waals surface area contributed by atoms with Crippen molar-refractivity contribution in [2.75, 3.05) is 26.3 Å². The van der Waals surface area contributed by atoms with Gasteiger partial charge in [-0.15, -0.1) is 0 Å². The van der Waals surface area contributed by atoms with Crippen LogP contribution in [-0.2, 0) is 9.53 Å². The van der Waals surface area contributed by atoms with Gasteiger partial charge in [-0.3, -0.25) is 14.5 Å². The highest BCUT2D eigenvalue weighted by Crippen LogP contribution is 2.25. The van der Waals surface area contributed by atoms with Crippen LogP contribution in [0.2, 0.25) is 0 Å². The Morgan fingerprint density at radius 1 is 1.38 bits per heavy atom. The highest BCUT2D eigenvalue weighted by Gasteiger charge is 2.39. The molecule has 2 saturated heterocycles. The molecular formula is C18H26N2O4. The van der Waals surface area contributed by atoms with E-state index in [0.29, 0.717) is 31.9 Å². The second-order valence-corrected chi connectivity index (χ2v) is 6.85. The molecule has 0 spiro atoms. The Bertz CT molecular complexity index is 570. The molecule has 1 amide bonds. The third-order valence-electron chi connectivity index (χ3n) is 4.96. The van der Waals surface area contributed by atoms with E-state index in [2.05, 4.69) is 18.7 Å². The van der Waals surface area contributed by atoms with E-state index in [1.165, 1.54) is 6.26 Å². The first-order valence-corrected chi connectivity index (χ1v) is 8.78. The number of likely N-dealkylation sites (tertiary alicyclic amines) is 1. The largest absolute Gasteiger partial charge is 0.461 e. The SMILES string of the molecule is CC(C)N1CCC[C@@H](N2CCOC[C@H]2CC(=O)c2ccco2)C1=O. The van der Waals surface area contributed by atoms with E-state index < -0.39 is 0 Å². The van der Waals surface area contributed by atoms with Gasteiger partial charge in [0.25, 0.3) is 0 Å². The lowest BCUT2D eigenvalue weighted by molar-refractivity contribution is -0.146. The number of nitrogens with zero attached hydrogens (tertiary/aromatic N) is 2. The Kier molecular flexibility index (Phi) is 5.36. The number of hydrogen-bond acceptors (Lipinski definition) is 5. The Morgan fingerprint density at radius 2 is 2.21 bits per heavy atom. The number of ketones is 1. The Morgan fingerprint density at radius 3 is 2.92 bits per heavy atom. The lowest BCUT2D eigenvalue weighted by atomic mass is 9.97. The van der Waals surface area contributed by atoms with Crippen molar-refractivity contribution in [1.82, 2.24) is 9.80 Å². The molecule has 2 fully saturated rings. The molecule has 6 heteroatoms. The summed E-state index contributed by atoms with van der Waals surface area (Å²) in [6.07, 6.45) is 3.69. The summed E-state index contributed by atoms with van der Waals surface area (Å²) in [4.78, 5) is 29.4. The van der Waals surface area contributed by atoms with Crippen molar-refractivity contribution >= 4 is 11.7 Å². The molecule has 2 atom stereocenters. The zero-order valence-electron chi connectivity index (χ0n) is 14.4. The van der Waals surface area contributed by atoms with Gasteiger partial charge in [-0.1, -0.05) is 0 Å². The maximum absolute atomic E-state index is 12.9. The zero-order chi connectivity index (χ0) is 17.1. The second-order valence-electron chi connectivity index (χ2n) is 6.85. The molecule has 1 aromatic rings. The molecule has 2 aliphatic rings. The van der Waals surface area contributed by atoms with Crippen LogP contribution in [0.1, 0.15) is 43.7 Å². The lowest BCUT2D eigenvalue weighted by Gasteiger charge is -2.45. The van der Waals surface area contributed by atoms with Crippen LogP contribution >= 0.6 is 0 Å². The zero-order valence-corrected chi connectivity index (χ0v) is 14.4. The third kappa shape index (κ3) is 3.54. The van der Waals surface area contributed by atoms with Gasteiger partial charge < -0.3 is 14.1 Å². The summed E-state index contributed by atoms with van der Waals surface area (Å²) in [7, 11) is 0. The number of Topliss-reactive ketones (excluding diaryl/α,β-unsaturated/α-hetero) is 1. The number of furan rings is 1. The van der Waals surface area contributed by atoms with Gasteiger partial charge in [0.15, 0.2) is 11.5 Å².